The minimum Gasteiger partial charge on any atom is -0.497 e. The Labute approximate surface area is 207 Å². The number of aryl methyl sites for hydroxylation is 1. The van der Waals surface area contributed by atoms with Gasteiger partial charge in [0, 0.05) is 11.0 Å². The molecule has 0 aromatic heterocycles. The zero-order valence-corrected chi connectivity index (χ0v) is 20.8. The molecule has 7 heteroatoms. The predicted molar refractivity (Wildman–Crippen MR) is 135 cm³/mol. The molecule has 0 saturated carbocycles. The second kappa shape index (κ2) is 11.9. The van der Waals surface area contributed by atoms with Gasteiger partial charge in [0.15, 0.2) is 11.5 Å². The van der Waals surface area contributed by atoms with Crippen LogP contribution in [0.4, 0.5) is 0 Å². The first kappa shape index (κ1) is 24.9. The molecule has 3 aromatic rings. The van der Waals surface area contributed by atoms with Crippen LogP contribution >= 0.6 is 15.9 Å². The normalized spacial score (nSPS) is 10.9. The van der Waals surface area contributed by atoms with Gasteiger partial charge >= 0.3 is 0 Å². The summed E-state index contributed by atoms with van der Waals surface area (Å²) in [5, 5.41) is 12.3. The fourth-order valence-corrected chi connectivity index (χ4v) is 3.66. The second-order valence-corrected chi connectivity index (χ2v) is 8.36. The molecule has 0 atom stereocenters. The average Bonchev–Trinajstić information content (AvgIpc) is 2.85. The molecule has 174 valence electrons. The number of nitrogens with zero attached hydrogens (tertiary/aromatic N) is 1. The van der Waals surface area contributed by atoms with E-state index in [9.17, 15) is 10.1 Å². The number of halogens is 1. The Morgan fingerprint density at radius 2 is 1.79 bits per heavy atom. The molecule has 6 nitrogen and oxygen atoms in total. The lowest BCUT2D eigenvalue weighted by Gasteiger charge is -2.13. The second-order valence-electron chi connectivity index (χ2n) is 7.50. The van der Waals surface area contributed by atoms with Gasteiger partial charge in [0.25, 0.3) is 5.91 Å². The smallest absolute Gasteiger partial charge is 0.262 e. The number of nitrogens with one attached hydrogen (secondary N) is 1. The van der Waals surface area contributed by atoms with Crippen LogP contribution in [0, 0.1) is 18.3 Å². The van der Waals surface area contributed by atoms with Gasteiger partial charge in [0.2, 0.25) is 0 Å². The summed E-state index contributed by atoms with van der Waals surface area (Å²) in [5.41, 5.74) is 3.69. The van der Waals surface area contributed by atoms with Crippen molar-refractivity contribution in [1.29, 1.82) is 5.26 Å². The summed E-state index contributed by atoms with van der Waals surface area (Å²) in [6.07, 6.45) is 1.51. The van der Waals surface area contributed by atoms with Gasteiger partial charge in [0.05, 0.1) is 14.2 Å². The Morgan fingerprint density at radius 3 is 2.44 bits per heavy atom. The number of nitriles is 1. The Morgan fingerprint density at radius 1 is 1.03 bits per heavy atom. The van der Waals surface area contributed by atoms with Gasteiger partial charge in [-0.05, 0) is 54.0 Å². The van der Waals surface area contributed by atoms with Crippen LogP contribution in [-0.2, 0) is 17.9 Å². The van der Waals surface area contributed by atoms with Crippen molar-refractivity contribution in [3.05, 3.63) is 93.0 Å². The van der Waals surface area contributed by atoms with Crippen molar-refractivity contribution in [1.82, 2.24) is 5.32 Å². The Hall–Kier alpha value is -3.76. The maximum atomic E-state index is 12.6. The molecule has 0 aliphatic carbocycles. The Balaban J connectivity index is 1.73. The van der Waals surface area contributed by atoms with E-state index in [4.69, 9.17) is 14.2 Å². The van der Waals surface area contributed by atoms with Gasteiger partial charge in [0.1, 0.15) is 24.0 Å². The summed E-state index contributed by atoms with van der Waals surface area (Å²) < 4.78 is 17.2. The molecule has 0 spiro atoms. The fraction of sp³-hybridized carbons (Fsp3) is 0.185. The minimum atomic E-state index is -0.469. The summed E-state index contributed by atoms with van der Waals surface area (Å²) in [4.78, 5) is 12.6. The van der Waals surface area contributed by atoms with Crippen LogP contribution < -0.4 is 19.5 Å². The van der Waals surface area contributed by atoms with E-state index < -0.39 is 5.91 Å². The lowest BCUT2D eigenvalue weighted by Crippen LogP contribution is -2.23. The highest BCUT2D eigenvalue weighted by Gasteiger charge is 2.14. The maximum Gasteiger partial charge on any atom is 0.262 e. The molecule has 0 unspecified atom stereocenters. The Kier molecular flexibility index (Phi) is 8.72. The summed E-state index contributed by atoms with van der Waals surface area (Å²) in [5.74, 6) is 1.32. The van der Waals surface area contributed by atoms with Crippen LogP contribution in [0.3, 0.4) is 0 Å². The Bertz CT molecular complexity index is 1230. The monoisotopic (exact) mass is 520 g/mol. The number of methoxy groups -OCH3 is 2. The zero-order valence-electron chi connectivity index (χ0n) is 19.2. The first-order valence-corrected chi connectivity index (χ1v) is 11.3. The van der Waals surface area contributed by atoms with Crippen molar-refractivity contribution in [2.24, 2.45) is 0 Å². The van der Waals surface area contributed by atoms with Crippen molar-refractivity contribution in [3.63, 3.8) is 0 Å². The van der Waals surface area contributed by atoms with Gasteiger partial charge < -0.3 is 19.5 Å². The third-order valence-electron chi connectivity index (χ3n) is 5.04. The van der Waals surface area contributed by atoms with E-state index in [0.717, 1.165) is 22.4 Å². The molecular weight excluding hydrogens is 496 g/mol. The number of ether oxygens (including phenoxy) is 3. The molecule has 0 heterocycles. The molecule has 0 saturated heterocycles. The molecule has 0 radical (unpaired) electrons. The number of benzene rings is 3. The van der Waals surface area contributed by atoms with E-state index in [-0.39, 0.29) is 12.1 Å². The topological polar surface area (TPSA) is 80.6 Å². The average molecular weight is 521 g/mol. The highest BCUT2D eigenvalue weighted by atomic mass is 79.9. The molecule has 3 rings (SSSR count). The quantitative estimate of drug-likeness (QED) is 0.294. The predicted octanol–water partition coefficient (Wildman–Crippen LogP) is 5.58. The van der Waals surface area contributed by atoms with Crippen LogP contribution in [0.1, 0.15) is 22.3 Å². The van der Waals surface area contributed by atoms with Crippen LogP contribution in [0.15, 0.2) is 70.7 Å². The van der Waals surface area contributed by atoms with E-state index in [1.54, 1.807) is 26.4 Å². The minimum absolute atomic E-state index is 0.0234. The van der Waals surface area contributed by atoms with E-state index >= 15 is 0 Å². The van der Waals surface area contributed by atoms with Crippen LogP contribution in [0.2, 0.25) is 0 Å². The summed E-state index contributed by atoms with van der Waals surface area (Å²) >= 11 is 3.51. The first-order valence-electron chi connectivity index (χ1n) is 10.5. The van der Waals surface area contributed by atoms with Crippen molar-refractivity contribution in [2.75, 3.05) is 14.2 Å². The van der Waals surface area contributed by atoms with Crippen LogP contribution in [0.25, 0.3) is 6.08 Å². The molecule has 1 amide bonds. The lowest BCUT2D eigenvalue weighted by atomic mass is 10.1. The van der Waals surface area contributed by atoms with E-state index in [1.807, 2.05) is 55.5 Å². The highest BCUT2D eigenvalue weighted by molar-refractivity contribution is 9.10. The van der Waals surface area contributed by atoms with Crippen molar-refractivity contribution in [3.8, 4) is 23.3 Å². The lowest BCUT2D eigenvalue weighted by molar-refractivity contribution is -0.117. The fourth-order valence-electron chi connectivity index (χ4n) is 3.22. The highest BCUT2D eigenvalue weighted by Crippen LogP contribution is 2.35. The van der Waals surface area contributed by atoms with Gasteiger partial charge in [-0.2, -0.15) is 5.26 Å². The molecule has 0 bridgehead atoms. The zero-order chi connectivity index (χ0) is 24.5. The largest absolute Gasteiger partial charge is 0.497 e. The third-order valence-corrected chi connectivity index (χ3v) is 5.72. The van der Waals surface area contributed by atoms with Crippen molar-refractivity contribution in [2.45, 2.75) is 20.1 Å². The summed E-state index contributed by atoms with van der Waals surface area (Å²) in [6, 6.07) is 20.9. The van der Waals surface area contributed by atoms with Gasteiger partial charge in [-0.1, -0.05) is 57.9 Å². The van der Waals surface area contributed by atoms with Gasteiger partial charge in [-0.3, -0.25) is 4.79 Å². The van der Waals surface area contributed by atoms with Crippen molar-refractivity contribution >= 4 is 27.9 Å². The number of hydrogen-bond acceptors (Lipinski definition) is 5. The standard InChI is InChI=1S/C27H25BrN2O4/c1-18-5-4-6-20(11-18)17-34-26-14-24(28)21(13-25(26)33-3)12-22(15-29)27(31)30-16-19-7-9-23(32-2)10-8-19/h4-14H,16-17H2,1-3H3,(H,30,31)/b22-12-. The molecule has 0 aliphatic rings. The molecule has 0 aliphatic heterocycles. The number of carbonyl (C=O) groups excluding carboxylic acids is 1. The van der Waals surface area contributed by atoms with E-state index in [0.29, 0.717) is 28.1 Å². The van der Waals surface area contributed by atoms with Gasteiger partial charge in [-0.25, -0.2) is 0 Å². The van der Waals surface area contributed by atoms with E-state index in [2.05, 4.69) is 27.3 Å². The molecule has 0 fully saturated rings. The van der Waals surface area contributed by atoms with Crippen LogP contribution in [-0.4, -0.2) is 20.1 Å². The SMILES string of the molecule is COc1ccc(CNC(=O)/C(C#N)=C\c2cc(OC)c(OCc3cccc(C)c3)cc2Br)cc1. The summed E-state index contributed by atoms with van der Waals surface area (Å²) in [7, 11) is 3.14. The molecule has 1 N–H and O–H groups in total. The summed E-state index contributed by atoms with van der Waals surface area (Å²) in [6.45, 7) is 2.71. The maximum absolute atomic E-state index is 12.6. The molecule has 3 aromatic carbocycles. The first-order chi connectivity index (χ1) is 16.4. The van der Waals surface area contributed by atoms with Crippen LogP contribution in [0.5, 0.6) is 17.2 Å². The third kappa shape index (κ3) is 6.63. The van der Waals surface area contributed by atoms with Crippen molar-refractivity contribution < 1.29 is 19.0 Å². The number of amides is 1. The van der Waals surface area contributed by atoms with Gasteiger partial charge in [-0.15, -0.1) is 0 Å². The van der Waals surface area contributed by atoms with E-state index in [1.165, 1.54) is 6.08 Å². The molecule has 34 heavy (non-hydrogen) atoms. The number of hydrogen-bond donors (Lipinski definition) is 1. The number of carbonyl (C=O) groups is 1. The number of rotatable bonds is 9. The molecular formula is C27H25BrN2O4.